The Morgan fingerprint density at radius 2 is 2.00 bits per heavy atom. The van der Waals surface area contributed by atoms with E-state index in [-0.39, 0.29) is 11.5 Å². The molecule has 0 aliphatic heterocycles. The second-order valence-corrected chi connectivity index (χ2v) is 3.55. The second kappa shape index (κ2) is 4.51. The Morgan fingerprint density at radius 1 is 1.36 bits per heavy atom. The summed E-state index contributed by atoms with van der Waals surface area (Å²) >= 11 is 0. The predicted molar refractivity (Wildman–Crippen MR) is 52.7 cm³/mol. The molecule has 1 aromatic carbocycles. The third kappa shape index (κ3) is 2.10. The summed E-state index contributed by atoms with van der Waals surface area (Å²) in [6, 6.07) is 3.68. The molecule has 0 spiro atoms. The Morgan fingerprint density at radius 3 is 2.57 bits per heavy atom. The van der Waals surface area contributed by atoms with Gasteiger partial charge in [-0.25, -0.2) is 8.78 Å². The third-order valence-corrected chi connectivity index (χ3v) is 2.60. The minimum atomic E-state index is -0.832. The van der Waals surface area contributed by atoms with E-state index in [1.54, 1.807) is 0 Å². The average molecular weight is 199 g/mol. The quantitative estimate of drug-likeness (QED) is 0.795. The van der Waals surface area contributed by atoms with Gasteiger partial charge in [-0.2, -0.15) is 0 Å². The standard InChI is InChI=1S/C11H15F2N/c1-3-7(2)11(14)8-5-4-6-9(12)10(8)13/h4-7,11H,3,14H2,1-2H3/t7?,11-/m1/s1. The van der Waals surface area contributed by atoms with Gasteiger partial charge in [0.25, 0.3) is 0 Å². The van der Waals surface area contributed by atoms with Crippen LogP contribution >= 0.6 is 0 Å². The van der Waals surface area contributed by atoms with E-state index in [1.807, 2.05) is 13.8 Å². The molecule has 0 bridgehead atoms. The van der Waals surface area contributed by atoms with Gasteiger partial charge >= 0.3 is 0 Å². The third-order valence-electron chi connectivity index (χ3n) is 2.60. The van der Waals surface area contributed by atoms with E-state index in [9.17, 15) is 8.78 Å². The van der Waals surface area contributed by atoms with E-state index in [2.05, 4.69) is 0 Å². The molecule has 0 aromatic heterocycles. The van der Waals surface area contributed by atoms with Crippen molar-refractivity contribution in [1.82, 2.24) is 0 Å². The summed E-state index contributed by atoms with van der Waals surface area (Å²) in [7, 11) is 0. The van der Waals surface area contributed by atoms with Crippen LogP contribution in [0.2, 0.25) is 0 Å². The van der Waals surface area contributed by atoms with Crippen molar-refractivity contribution in [3.63, 3.8) is 0 Å². The van der Waals surface area contributed by atoms with Gasteiger partial charge in [-0.1, -0.05) is 32.4 Å². The van der Waals surface area contributed by atoms with Crippen molar-refractivity contribution in [2.45, 2.75) is 26.3 Å². The maximum absolute atomic E-state index is 13.3. The lowest BCUT2D eigenvalue weighted by Gasteiger charge is -2.19. The summed E-state index contributed by atoms with van der Waals surface area (Å²) in [5.41, 5.74) is 6.08. The van der Waals surface area contributed by atoms with Crippen molar-refractivity contribution in [2.24, 2.45) is 11.7 Å². The molecule has 0 saturated carbocycles. The van der Waals surface area contributed by atoms with Gasteiger partial charge in [-0.15, -0.1) is 0 Å². The summed E-state index contributed by atoms with van der Waals surface area (Å²) in [5.74, 6) is -1.51. The molecule has 3 heteroatoms. The SMILES string of the molecule is CCC(C)[C@@H](N)c1cccc(F)c1F. The lowest BCUT2D eigenvalue weighted by atomic mass is 9.93. The van der Waals surface area contributed by atoms with Gasteiger partial charge in [0.15, 0.2) is 11.6 Å². The molecule has 1 rings (SSSR count). The van der Waals surface area contributed by atoms with Crippen LogP contribution in [0, 0.1) is 17.6 Å². The first-order valence-electron chi connectivity index (χ1n) is 4.77. The molecule has 0 aliphatic carbocycles. The zero-order valence-electron chi connectivity index (χ0n) is 8.43. The van der Waals surface area contributed by atoms with E-state index >= 15 is 0 Å². The molecule has 2 N–H and O–H groups in total. The van der Waals surface area contributed by atoms with Gasteiger partial charge in [0.05, 0.1) is 0 Å². The van der Waals surface area contributed by atoms with Crippen LogP contribution in [0.1, 0.15) is 31.9 Å². The number of nitrogens with two attached hydrogens (primary N) is 1. The molecule has 0 radical (unpaired) electrons. The Kier molecular flexibility index (Phi) is 3.58. The number of hydrogen-bond donors (Lipinski definition) is 1. The molecule has 0 heterocycles. The molecule has 1 unspecified atom stereocenters. The highest BCUT2D eigenvalue weighted by Crippen LogP contribution is 2.25. The summed E-state index contributed by atoms with van der Waals surface area (Å²) in [4.78, 5) is 0. The van der Waals surface area contributed by atoms with Crippen molar-refractivity contribution < 1.29 is 8.78 Å². The van der Waals surface area contributed by atoms with Crippen LogP contribution in [0.5, 0.6) is 0 Å². The number of hydrogen-bond acceptors (Lipinski definition) is 1. The number of rotatable bonds is 3. The largest absolute Gasteiger partial charge is 0.324 e. The molecule has 2 atom stereocenters. The van der Waals surface area contributed by atoms with Crippen molar-refractivity contribution in [2.75, 3.05) is 0 Å². The fourth-order valence-corrected chi connectivity index (χ4v) is 1.34. The van der Waals surface area contributed by atoms with Gasteiger partial charge in [-0.05, 0) is 12.0 Å². The highest BCUT2D eigenvalue weighted by molar-refractivity contribution is 5.22. The van der Waals surface area contributed by atoms with Gasteiger partial charge in [0.1, 0.15) is 0 Å². The zero-order chi connectivity index (χ0) is 10.7. The molecule has 0 saturated heterocycles. The monoisotopic (exact) mass is 199 g/mol. The fourth-order valence-electron chi connectivity index (χ4n) is 1.34. The molecule has 1 aromatic rings. The Balaban J connectivity index is 3.01. The Labute approximate surface area is 82.9 Å². The Hall–Kier alpha value is -0.960. The molecular weight excluding hydrogens is 184 g/mol. The zero-order valence-corrected chi connectivity index (χ0v) is 8.43. The highest BCUT2D eigenvalue weighted by atomic mass is 19.2. The Bertz CT molecular complexity index is 312. The van der Waals surface area contributed by atoms with Crippen molar-refractivity contribution in [3.05, 3.63) is 35.4 Å². The highest BCUT2D eigenvalue weighted by Gasteiger charge is 2.18. The molecule has 0 amide bonds. The van der Waals surface area contributed by atoms with Crippen molar-refractivity contribution in [1.29, 1.82) is 0 Å². The van der Waals surface area contributed by atoms with E-state index in [0.29, 0.717) is 0 Å². The predicted octanol–water partition coefficient (Wildman–Crippen LogP) is 3.01. The summed E-state index contributed by atoms with van der Waals surface area (Å²) < 4.78 is 26.2. The fraction of sp³-hybridized carbons (Fsp3) is 0.455. The minimum Gasteiger partial charge on any atom is -0.324 e. The first kappa shape index (κ1) is 11.1. The number of benzene rings is 1. The summed E-state index contributed by atoms with van der Waals surface area (Å²) in [5, 5.41) is 0. The van der Waals surface area contributed by atoms with Crippen LogP contribution in [-0.4, -0.2) is 0 Å². The molecule has 78 valence electrons. The molecule has 14 heavy (non-hydrogen) atoms. The van der Waals surface area contributed by atoms with Crippen LogP contribution in [0.15, 0.2) is 18.2 Å². The summed E-state index contributed by atoms with van der Waals surface area (Å²) in [6.45, 7) is 3.90. The molecule has 0 fully saturated rings. The average Bonchev–Trinajstić information content (AvgIpc) is 2.20. The van der Waals surface area contributed by atoms with Gasteiger partial charge < -0.3 is 5.73 Å². The smallest absolute Gasteiger partial charge is 0.163 e. The maximum Gasteiger partial charge on any atom is 0.163 e. The maximum atomic E-state index is 13.3. The normalized spacial score (nSPS) is 15.2. The summed E-state index contributed by atoms with van der Waals surface area (Å²) in [6.07, 6.45) is 0.844. The van der Waals surface area contributed by atoms with E-state index < -0.39 is 17.7 Å². The van der Waals surface area contributed by atoms with Crippen molar-refractivity contribution >= 4 is 0 Å². The molecular formula is C11H15F2N. The van der Waals surface area contributed by atoms with Crippen LogP contribution in [0.25, 0.3) is 0 Å². The van der Waals surface area contributed by atoms with Crippen molar-refractivity contribution in [3.8, 4) is 0 Å². The van der Waals surface area contributed by atoms with Crippen LogP contribution in [0.4, 0.5) is 8.78 Å². The van der Waals surface area contributed by atoms with Gasteiger partial charge in [-0.3, -0.25) is 0 Å². The first-order chi connectivity index (χ1) is 6.57. The van der Waals surface area contributed by atoms with Gasteiger partial charge in [0.2, 0.25) is 0 Å². The van der Waals surface area contributed by atoms with Crippen LogP contribution in [0.3, 0.4) is 0 Å². The van der Waals surface area contributed by atoms with Crippen LogP contribution in [-0.2, 0) is 0 Å². The lowest BCUT2D eigenvalue weighted by molar-refractivity contribution is 0.423. The number of halogens is 2. The van der Waals surface area contributed by atoms with Crippen LogP contribution < -0.4 is 5.73 Å². The minimum absolute atomic E-state index is 0.145. The van der Waals surface area contributed by atoms with E-state index in [0.717, 1.165) is 12.5 Å². The lowest BCUT2D eigenvalue weighted by Crippen LogP contribution is -2.20. The van der Waals surface area contributed by atoms with Gasteiger partial charge in [0, 0.05) is 11.6 Å². The topological polar surface area (TPSA) is 26.0 Å². The van der Waals surface area contributed by atoms with E-state index in [1.165, 1.54) is 12.1 Å². The molecule has 1 nitrogen and oxygen atoms in total. The second-order valence-electron chi connectivity index (χ2n) is 3.55. The molecule has 0 aliphatic rings. The first-order valence-corrected chi connectivity index (χ1v) is 4.77. The van der Waals surface area contributed by atoms with E-state index in [4.69, 9.17) is 5.73 Å².